The van der Waals surface area contributed by atoms with Gasteiger partial charge in [0.05, 0.1) is 0 Å². The van der Waals surface area contributed by atoms with Crippen molar-refractivity contribution in [3.05, 3.63) is 0 Å². The molecule has 0 aromatic heterocycles. The molecule has 0 bridgehead atoms. The molecule has 1 aliphatic heterocycles. The second kappa shape index (κ2) is 7.38. The molecule has 0 aliphatic carbocycles. The Balaban J connectivity index is 2.43. The van der Waals surface area contributed by atoms with Crippen LogP contribution in [0.25, 0.3) is 0 Å². The van der Waals surface area contributed by atoms with Crippen LogP contribution in [-0.4, -0.2) is 71.2 Å². The zero-order valence-electron chi connectivity index (χ0n) is 13.6. The van der Waals surface area contributed by atoms with E-state index in [2.05, 4.69) is 29.0 Å². The lowest BCUT2D eigenvalue weighted by atomic mass is 9.96. The van der Waals surface area contributed by atoms with Crippen LogP contribution in [0.4, 0.5) is 0 Å². The highest BCUT2D eigenvalue weighted by Gasteiger charge is 2.34. The average Bonchev–Trinajstić information content (AvgIpc) is 2.36. The maximum absolute atomic E-state index is 11.5. The van der Waals surface area contributed by atoms with E-state index in [0.717, 1.165) is 32.7 Å². The second-order valence-electron chi connectivity index (χ2n) is 6.66. The van der Waals surface area contributed by atoms with Crippen molar-refractivity contribution < 1.29 is 9.90 Å². The van der Waals surface area contributed by atoms with Gasteiger partial charge in [-0.15, -0.1) is 0 Å². The third-order valence-corrected chi connectivity index (χ3v) is 4.14. The number of carboxylic acids is 1. The van der Waals surface area contributed by atoms with Gasteiger partial charge in [-0.1, -0.05) is 0 Å². The first-order chi connectivity index (χ1) is 9.24. The van der Waals surface area contributed by atoms with Crippen LogP contribution in [-0.2, 0) is 4.79 Å². The minimum Gasteiger partial charge on any atom is -0.480 e. The summed E-state index contributed by atoms with van der Waals surface area (Å²) in [5.74, 6) is -0.757. The monoisotopic (exact) mass is 285 g/mol. The van der Waals surface area contributed by atoms with Gasteiger partial charge in [-0.25, -0.2) is 0 Å². The standard InChI is InChI=1S/C15H31N3O2/c1-12(2)16-15(5,14(19)20)6-7-17-8-10-18(11-9-17)13(3)4/h12-13,16H,6-11H2,1-5H3,(H,19,20). The molecule has 1 atom stereocenters. The summed E-state index contributed by atoms with van der Waals surface area (Å²) in [7, 11) is 0. The Morgan fingerprint density at radius 2 is 1.75 bits per heavy atom. The minimum absolute atomic E-state index is 0.175. The summed E-state index contributed by atoms with van der Waals surface area (Å²) in [5.41, 5.74) is -0.830. The normalized spacial score (nSPS) is 21.4. The van der Waals surface area contributed by atoms with E-state index in [0.29, 0.717) is 12.5 Å². The summed E-state index contributed by atoms with van der Waals surface area (Å²) in [6.07, 6.45) is 0.641. The Kier molecular flexibility index (Phi) is 6.43. The molecule has 1 heterocycles. The highest BCUT2D eigenvalue weighted by molar-refractivity contribution is 5.78. The van der Waals surface area contributed by atoms with Gasteiger partial charge in [0.1, 0.15) is 5.54 Å². The molecule has 20 heavy (non-hydrogen) atoms. The second-order valence-corrected chi connectivity index (χ2v) is 6.66. The molecule has 0 saturated carbocycles. The summed E-state index contributed by atoms with van der Waals surface area (Å²) in [5, 5.41) is 12.6. The van der Waals surface area contributed by atoms with Gasteiger partial charge in [0.15, 0.2) is 0 Å². The first-order valence-corrected chi connectivity index (χ1v) is 7.72. The van der Waals surface area contributed by atoms with E-state index >= 15 is 0 Å². The van der Waals surface area contributed by atoms with Crippen LogP contribution in [0, 0.1) is 0 Å². The number of hydrogen-bond acceptors (Lipinski definition) is 4. The Bertz CT molecular complexity index is 312. The molecule has 1 rings (SSSR count). The fourth-order valence-corrected chi connectivity index (χ4v) is 2.76. The maximum Gasteiger partial charge on any atom is 0.323 e. The molecule has 5 heteroatoms. The van der Waals surface area contributed by atoms with E-state index in [1.54, 1.807) is 6.92 Å². The molecule has 0 aromatic carbocycles. The van der Waals surface area contributed by atoms with Crippen LogP contribution in [0.3, 0.4) is 0 Å². The molecule has 5 nitrogen and oxygen atoms in total. The van der Waals surface area contributed by atoms with E-state index < -0.39 is 11.5 Å². The number of piperazine rings is 1. The summed E-state index contributed by atoms with van der Waals surface area (Å²) in [6.45, 7) is 15.3. The number of aliphatic carboxylic acids is 1. The lowest BCUT2D eigenvalue weighted by molar-refractivity contribution is -0.145. The first-order valence-electron chi connectivity index (χ1n) is 7.72. The van der Waals surface area contributed by atoms with Crippen molar-refractivity contribution in [2.45, 2.75) is 58.7 Å². The van der Waals surface area contributed by atoms with Crippen LogP contribution in [0.2, 0.25) is 0 Å². The van der Waals surface area contributed by atoms with Crippen molar-refractivity contribution in [2.24, 2.45) is 0 Å². The van der Waals surface area contributed by atoms with Crippen LogP contribution in [0.5, 0.6) is 0 Å². The van der Waals surface area contributed by atoms with Gasteiger partial charge in [0.25, 0.3) is 0 Å². The molecule has 1 aliphatic rings. The molecule has 1 fully saturated rings. The molecule has 118 valence electrons. The zero-order valence-corrected chi connectivity index (χ0v) is 13.6. The zero-order chi connectivity index (χ0) is 15.3. The van der Waals surface area contributed by atoms with Crippen LogP contribution >= 0.6 is 0 Å². The molecular weight excluding hydrogens is 254 g/mol. The fraction of sp³-hybridized carbons (Fsp3) is 0.933. The predicted octanol–water partition coefficient (Wildman–Crippen LogP) is 1.24. The maximum atomic E-state index is 11.5. The third kappa shape index (κ3) is 5.04. The number of carboxylic acid groups (broad SMARTS) is 1. The van der Waals surface area contributed by atoms with Crippen LogP contribution in [0.1, 0.15) is 41.0 Å². The van der Waals surface area contributed by atoms with Gasteiger partial charge in [-0.2, -0.15) is 0 Å². The topological polar surface area (TPSA) is 55.8 Å². The largest absolute Gasteiger partial charge is 0.480 e. The van der Waals surface area contributed by atoms with Crippen molar-refractivity contribution >= 4 is 5.97 Å². The Morgan fingerprint density at radius 3 is 2.15 bits per heavy atom. The molecule has 0 aromatic rings. The van der Waals surface area contributed by atoms with Crippen molar-refractivity contribution in [1.29, 1.82) is 0 Å². The lowest BCUT2D eigenvalue weighted by Crippen LogP contribution is -2.55. The van der Waals surface area contributed by atoms with Gasteiger partial charge >= 0.3 is 5.97 Å². The van der Waals surface area contributed by atoms with Gasteiger partial charge in [-0.05, 0) is 41.0 Å². The number of carbonyl (C=O) groups is 1. The highest BCUT2D eigenvalue weighted by Crippen LogP contribution is 2.14. The van der Waals surface area contributed by atoms with E-state index in [1.165, 1.54) is 0 Å². The lowest BCUT2D eigenvalue weighted by Gasteiger charge is -2.38. The van der Waals surface area contributed by atoms with Crippen LogP contribution in [0.15, 0.2) is 0 Å². The quantitative estimate of drug-likeness (QED) is 0.737. The SMILES string of the molecule is CC(C)NC(C)(CCN1CCN(C(C)C)CC1)C(=O)O. The van der Waals surface area contributed by atoms with Crippen molar-refractivity contribution in [3.8, 4) is 0 Å². The molecule has 0 amide bonds. The Labute approximate surface area is 123 Å². The van der Waals surface area contributed by atoms with Gasteiger partial charge in [-0.3, -0.25) is 15.0 Å². The number of nitrogens with zero attached hydrogens (tertiary/aromatic N) is 2. The first kappa shape index (κ1) is 17.4. The fourth-order valence-electron chi connectivity index (χ4n) is 2.76. The van der Waals surface area contributed by atoms with Gasteiger partial charge in [0, 0.05) is 44.8 Å². The van der Waals surface area contributed by atoms with Gasteiger partial charge in [0.2, 0.25) is 0 Å². The Hall–Kier alpha value is -0.650. The molecular formula is C15H31N3O2. The van der Waals surface area contributed by atoms with Crippen molar-refractivity contribution in [3.63, 3.8) is 0 Å². The molecule has 0 radical (unpaired) electrons. The van der Waals surface area contributed by atoms with Gasteiger partial charge < -0.3 is 10.0 Å². The third-order valence-electron chi connectivity index (χ3n) is 4.14. The number of nitrogens with one attached hydrogen (secondary N) is 1. The smallest absolute Gasteiger partial charge is 0.323 e. The average molecular weight is 285 g/mol. The summed E-state index contributed by atoms with van der Waals surface area (Å²) in [6, 6.07) is 0.776. The molecule has 0 spiro atoms. The molecule has 2 N–H and O–H groups in total. The van der Waals surface area contributed by atoms with Crippen LogP contribution < -0.4 is 5.32 Å². The predicted molar refractivity (Wildman–Crippen MR) is 82.1 cm³/mol. The van der Waals surface area contributed by atoms with Crippen molar-refractivity contribution in [1.82, 2.24) is 15.1 Å². The van der Waals surface area contributed by atoms with E-state index in [-0.39, 0.29) is 6.04 Å². The molecule has 1 unspecified atom stereocenters. The Morgan fingerprint density at radius 1 is 1.20 bits per heavy atom. The van der Waals surface area contributed by atoms with E-state index in [1.807, 2.05) is 13.8 Å². The van der Waals surface area contributed by atoms with Crippen molar-refractivity contribution in [2.75, 3.05) is 32.7 Å². The summed E-state index contributed by atoms with van der Waals surface area (Å²) in [4.78, 5) is 16.3. The van der Waals surface area contributed by atoms with E-state index in [4.69, 9.17) is 0 Å². The number of rotatable bonds is 7. The summed E-state index contributed by atoms with van der Waals surface area (Å²) < 4.78 is 0. The highest BCUT2D eigenvalue weighted by atomic mass is 16.4. The molecule has 1 saturated heterocycles. The summed E-state index contributed by atoms with van der Waals surface area (Å²) >= 11 is 0. The minimum atomic E-state index is -0.830. The van der Waals surface area contributed by atoms with E-state index in [9.17, 15) is 9.90 Å². The number of hydrogen-bond donors (Lipinski definition) is 2.